The molecule has 0 aliphatic heterocycles. The predicted molar refractivity (Wildman–Crippen MR) is 139 cm³/mol. The molecule has 3 aromatic heterocycles. The van der Waals surface area contributed by atoms with Gasteiger partial charge in [0.15, 0.2) is 5.82 Å². The number of carbonyl (C=O) groups is 2. The van der Waals surface area contributed by atoms with E-state index in [1.54, 1.807) is 11.5 Å². The Bertz CT molecular complexity index is 1450. The van der Waals surface area contributed by atoms with Crippen LogP contribution >= 0.6 is 11.3 Å². The van der Waals surface area contributed by atoms with Crippen LogP contribution in [0, 0.1) is 5.82 Å². The molecule has 1 atom stereocenters. The van der Waals surface area contributed by atoms with Crippen LogP contribution in [0.1, 0.15) is 86.3 Å². The third kappa shape index (κ3) is 5.12. The van der Waals surface area contributed by atoms with Crippen molar-refractivity contribution in [2.75, 3.05) is 6.61 Å². The summed E-state index contributed by atoms with van der Waals surface area (Å²) in [4.78, 5) is 44.2. The van der Waals surface area contributed by atoms with Gasteiger partial charge in [-0.25, -0.2) is 19.0 Å². The average Bonchev–Trinajstić information content (AvgIpc) is 3.56. The lowest BCUT2D eigenvalue weighted by molar-refractivity contribution is 0.0495. The molecule has 0 radical (unpaired) electrons. The van der Waals surface area contributed by atoms with Crippen molar-refractivity contribution >= 4 is 34.4 Å². The molecule has 2 aliphatic rings. The molecule has 8 nitrogen and oxygen atoms in total. The van der Waals surface area contributed by atoms with E-state index in [-0.39, 0.29) is 35.3 Å². The zero-order valence-corrected chi connectivity index (χ0v) is 22.2. The Morgan fingerprint density at radius 1 is 1.24 bits per heavy atom. The number of rotatable bonds is 5. The number of aromatic nitrogens is 2. The first-order valence-corrected chi connectivity index (χ1v) is 13.4. The number of halogens is 1. The first kappa shape index (κ1) is 25.4. The van der Waals surface area contributed by atoms with Crippen molar-refractivity contribution in [3.8, 4) is 10.6 Å². The van der Waals surface area contributed by atoms with E-state index in [1.165, 1.54) is 23.6 Å². The van der Waals surface area contributed by atoms with Gasteiger partial charge in [0.05, 0.1) is 22.9 Å². The molecule has 1 N–H and O–H groups in total. The summed E-state index contributed by atoms with van der Waals surface area (Å²) >= 11 is 1.45. The number of nitrogens with one attached hydrogen (secondary N) is 1. The summed E-state index contributed by atoms with van der Waals surface area (Å²) in [5.41, 5.74) is 0.139. The van der Waals surface area contributed by atoms with E-state index in [4.69, 9.17) is 9.47 Å². The second-order valence-electron chi connectivity index (χ2n) is 10.5. The number of aryl methyl sites for hydroxylation is 1. The summed E-state index contributed by atoms with van der Waals surface area (Å²) < 4.78 is 27.7. The molecule has 1 amide bonds. The van der Waals surface area contributed by atoms with Gasteiger partial charge in [-0.05, 0) is 77.5 Å². The number of alkyl carbamates (subject to hydrolysis) is 1. The van der Waals surface area contributed by atoms with Crippen LogP contribution in [0.4, 0.5) is 9.18 Å². The third-order valence-corrected chi connectivity index (χ3v) is 7.65. The fraction of sp³-hybridized carbons (Fsp3) is 0.481. The Morgan fingerprint density at radius 3 is 2.68 bits per heavy atom. The van der Waals surface area contributed by atoms with E-state index in [0.717, 1.165) is 42.5 Å². The smallest absolute Gasteiger partial charge is 0.408 e. The number of hydrogen-bond donors (Lipinski definition) is 1. The van der Waals surface area contributed by atoms with E-state index in [1.807, 2.05) is 26.8 Å². The SMILES string of the molecule is CCOC(=O)c1cn(C2CC2)c2nc(-c3cc4c(s3)CCCC4NC(=O)OC(C)(C)C)c(F)cc2c1=O. The van der Waals surface area contributed by atoms with Gasteiger partial charge in [-0.1, -0.05) is 0 Å². The molecule has 0 saturated heterocycles. The highest BCUT2D eigenvalue weighted by Crippen LogP contribution is 2.41. The highest BCUT2D eigenvalue weighted by atomic mass is 32.1. The van der Waals surface area contributed by atoms with E-state index in [9.17, 15) is 14.4 Å². The van der Waals surface area contributed by atoms with Crippen LogP contribution in [0.15, 0.2) is 23.1 Å². The Balaban J connectivity index is 1.55. The number of amides is 1. The standard InChI is InChI=1S/C27H30FN3O5S/c1-5-35-25(33)17-13-31(14-9-10-14)24-16(23(17)32)11-18(28)22(30-24)21-12-15-19(7-6-8-20(15)37-21)29-26(34)36-27(2,3)4/h11-14,19H,5-10H2,1-4H3,(H,29,34). The van der Waals surface area contributed by atoms with Crippen molar-refractivity contribution in [3.63, 3.8) is 0 Å². The maximum absolute atomic E-state index is 15.5. The van der Waals surface area contributed by atoms with Gasteiger partial charge in [0.25, 0.3) is 0 Å². The lowest BCUT2D eigenvalue weighted by atomic mass is 9.93. The number of nitrogens with zero attached hydrogens (tertiary/aromatic N) is 2. The monoisotopic (exact) mass is 527 g/mol. The van der Waals surface area contributed by atoms with Gasteiger partial charge in [-0.3, -0.25) is 4.79 Å². The molecule has 1 unspecified atom stereocenters. The second kappa shape index (κ2) is 9.55. The van der Waals surface area contributed by atoms with Crippen molar-refractivity contribution < 1.29 is 23.5 Å². The Labute approximate surface area is 217 Å². The van der Waals surface area contributed by atoms with Crippen LogP contribution in [0.5, 0.6) is 0 Å². The normalized spacial score (nSPS) is 17.4. The van der Waals surface area contributed by atoms with Crippen molar-refractivity contribution in [1.29, 1.82) is 0 Å². The molecule has 10 heteroatoms. The first-order valence-electron chi connectivity index (χ1n) is 12.6. The zero-order valence-electron chi connectivity index (χ0n) is 21.4. The molecular weight excluding hydrogens is 497 g/mol. The maximum atomic E-state index is 15.5. The van der Waals surface area contributed by atoms with E-state index < -0.39 is 28.9 Å². The summed E-state index contributed by atoms with van der Waals surface area (Å²) in [5.74, 6) is -1.36. The van der Waals surface area contributed by atoms with E-state index in [2.05, 4.69) is 10.3 Å². The molecule has 0 spiro atoms. The third-order valence-electron chi connectivity index (χ3n) is 6.43. The lowest BCUT2D eigenvalue weighted by Gasteiger charge is -2.26. The number of hydrogen-bond acceptors (Lipinski definition) is 7. The molecule has 37 heavy (non-hydrogen) atoms. The molecule has 2 aliphatic carbocycles. The molecule has 0 bridgehead atoms. The average molecular weight is 528 g/mol. The number of pyridine rings is 2. The van der Waals surface area contributed by atoms with Crippen LogP contribution in [0.25, 0.3) is 21.6 Å². The van der Waals surface area contributed by atoms with Crippen molar-refractivity contribution in [2.24, 2.45) is 0 Å². The molecule has 3 heterocycles. The first-order chi connectivity index (χ1) is 17.6. The lowest BCUT2D eigenvalue weighted by Crippen LogP contribution is -2.35. The predicted octanol–water partition coefficient (Wildman–Crippen LogP) is 5.68. The van der Waals surface area contributed by atoms with Gasteiger partial charge in [0.1, 0.15) is 22.5 Å². The number of ether oxygens (including phenoxy) is 2. The van der Waals surface area contributed by atoms with Crippen LogP contribution in [0.3, 0.4) is 0 Å². The van der Waals surface area contributed by atoms with E-state index in [0.29, 0.717) is 10.5 Å². The highest BCUT2D eigenvalue weighted by Gasteiger charge is 2.30. The summed E-state index contributed by atoms with van der Waals surface area (Å²) in [5, 5.41) is 3.01. The minimum atomic E-state index is -0.720. The van der Waals surface area contributed by atoms with Crippen LogP contribution < -0.4 is 10.7 Å². The number of carbonyl (C=O) groups excluding carboxylic acids is 2. The molecule has 5 rings (SSSR count). The molecule has 0 aromatic carbocycles. The van der Waals surface area contributed by atoms with Gasteiger partial charge in [-0.2, -0.15) is 0 Å². The molecule has 1 fully saturated rings. The summed E-state index contributed by atoms with van der Waals surface area (Å²) in [6.07, 6.45) is 5.26. The van der Waals surface area contributed by atoms with Gasteiger partial charge < -0.3 is 19.4 Å². The van der Waals surface area contributed by atoms with Crippen molar-refractivity contribution in [2.45, 2.75) is 77.5 Å². The van der Waals surface area contributed by atoms with Crippen LogP contribution in [-0.4, -0.2) is 33.8 Å². The highest BCUT2D eigenvalue weighted by molar-refractivity contribution is 7.15. The van der Waals surface area contributed by atoms with Gasteiger partial charge in [-0.15, -0.1) is 11.3 Å². The second-order valence-corrected chi connectivity index (χ2v) is 11.6. The van der Waals surface area contributed by atoms with Crippen molar-refractivity contribution in [1.82, 2.24) is 14.9 Å². The van der Waals surface area contributed by atoms with E-state index >= 15 is 4.39 Å². The fourth-order valence-corrected chi connectivity index (χ4v) is 5.93. The summed E-state index contributed by atoms with van der Waals surface area (Å²) in [6, 6.07) is 2.92. The van der Waals surface area contributed by atoms with Crippen LogP contribution in [-0.2, 0) is 15.9 Å². The van der Waals surface area contributed by atoms with Gasteiger partial charge >= 0.3 is 12.1 Å². The minimum absolute atomic E-state index is 0.0597. The quantitative estimate of drug-likeness (QED) is 0.429. The number of fused-ring (bicyclic) bond motifs is 2. The van der Waals surface area contributed by atoms with Crippen molar-refractivity contribution in [3.05, 3.63) is 50.4 Å². The largest absolute Gasteiger partial charge is 0.462 e. The van der Waals surface area contributed by atoms with Gasteiger partial charge in [0.2, 0.25) is 5.43 Å². The molecule has 1 saturated carbocycles. The maximum Gasteiger partial charge on any atom is 0.408 e. The molecular formula is C27H30FN3O5S. The Kier molecular flexibility index (Phi) is 6.55. The number of esters is 1. The number of thiophene rings is 1. The Morgan fingerprint density at radius 2 is 2.00 bits per heavy atom. The molecule has 196 valence electrons. The summed E-state index contributed by atoms with van der Waals surface area (Å²) in [6.45, 7) is 7.24. The summed E-state index contributed by atoms with van der Waals surface area (Å²) in [7, 11) is 0. The zero-order chi connectivity index (χ0) is 26.5. The molecule has 3 aromatic rings. The topological polar surface area (TPSA) is 99.5 Å². The minimum Gasteiger partial charge on any atom is -0.462 e. The van der Waals surface area contributed by atoms with Crippen LogP contribution in [0.2, 0.25) is 0 Å². The van der Waals surface area contributed by atoms with Gasteiger partial charge in [0, 0.05) is 17.1 Å². The Hall–Kier alpha value is -3.27. The fourth-order valence-electron chi connectivity index (χ4n) is 4.68.